The lowest BCUT2D eigenvalue weighted by Gasteiger charge is -2.42. The number of benzene rings is 1. The number of rotatable bonds is 4. The summed E-state index contributed by atoms with van der Waals surface area (Å²) >= 11 is 0. The van der Waals surface area contributed by atoms with Crippen molar-refractivity contribution in [1.29, 1.82) is 5.26 Å². The summed E-state index contributed by atoms with van der Waals surface area (Å²) in [5.41, 5.74) is 1.08. The number of ether oxygens (including phenoxy) is 1. The number of hydrogen-bond donors (Lipinski definition) is 0. The van der Waals surface area contributed by atoms with Gasteiger partial charge in [-0.1, -0.05) is 0 Å². The number of likely N-dealkylation sites (tertiary alicyclic amines) is 1. The van der Waals surface area contributed by atoms with Crippen molar-refractivity contribution in [2.24, 2.45) is 0 Å². The van der Waals surface area contributed by atoms with Gasteiger partial charge in [-0.25, -0.2) is 9.37 Å². The molecule has 2 unspecified atom stereocenters. The third kappa shape index (κ3) is 3.22. The summed E-state index contributed by atoms with van der Waals surface area (Å²) in [6.45, 7) is 0.973. The SMILES string of the molecule is COc1c(C#N)ccnc1N1C2CCC1CN(C(=O)c1ccc(F)cc1-n1nccn1)C2. The molecule has 10 heteroatoms. The first-order valence-corrected chi connectivity index (χ1v) is 10.3. The van der Waals surface area contributed by atoms with Gasteiger partial charge in [-0.15, -0.1) is 0 Å². The van der Waals surface area contributed by atoms with Crippen molar-refractivity contribution in [3.63, 3.8) is 0 Å². The molecule has 9 nitrogen and oxygen atoms in total. The number of methoxy groups -OCH3 is 1. The van der Waals surface area contributed by atoms with Gasteiger partial charge in [-0.3, -0.25) is 4.79 Å². The smallest absolute Gasteiger partial charge is 0.256 e. The number of carbonyl (C=O) groups is 1. The third-order valence-electron chi connectivity index (χ3n) is 6.05. The average Bonchev–Trinajstić information content (AvgIpc) is 3.44. The highest BCUT2D eigenvalue weighted by Crippen LogP contribution is 2.40. The molecule has 0 radical (unpaired) electrons. The number of pyridine rings is 1. The minimum absolute atomic E-state index is 0.0415. The number of piperazine rings is 1. The standard InChI is InChI=1S/C22H20FN7O2/c1-32-20-14(11-24)6-7-25-21(20)29-16-3-4-17(29)13-28(12-16)22(31)18-5-2-15(23)10-19(18)30-26-8-9-27-30/h2,5-10,16-17H,3-4,12-13H2,1H3. The number of fused-ring (bicyclic) bond motifs is 2. The molecule has 4 heterocycles. The largest absolute Gasteiger partial charge is 0.492 e. The van der Waals surface area contributed by atoms with E-state index in [1.54, 1.807) is 17.2 Å². The van der Waals surface area contributed by atoms with Crippen LogP contribution in [0.2, 0.25) is 0 Å². The van der Waals surface area contributed by atoms with Gasteiger partial charge >= 0.3 is 0 Å². The van der Waals surface area contributed by atoms with Crippen LogP contribution in [-0.4, -0.2) is 63.1 Å². The molecule has 2 atom stereocenters. The summed E-state index contributed by atoms with van der Waals surface area (Å²) in [5.74, 6) is 0.431. The average molecular weight is 433 g/mol. The fourth-order valence-corrected chi connectivity index (χ4v) is 4.69. The van der Waals surface area contributed by atoms with Crippen molar-refractivity contribution >= 4 is 11.7 Å². The zero-order chi connectivity index (χ0) is 22.2. The van der Waals surface area contributed by atoms with E-state index in [2.05, 4.69) is 26.2 Å². The molecule has 5 rings (SSSR count). The Morgan fingerprint density at radius 2 is 1.88 bits per heavy atom. The predicted octanol–water partition coefficient (Wildman–Crippen LogP) is 2.18. The van der Waals surface area contributed by atoms with Crippen molar-refractivity contribution in [3.05, 3.63) is 59.8 Å². The van der Waals surface area contributed by atoms with E-state index in [1.165, 1.54) is 42.5 Å². The molecule has 2 fully saturated rings. The first-order valence-electron chi connectivity index (χ1n) is 10.3. The molecule has 0 spiro atoms. The predicted molar refractivity (Wildman–Crippen MR) is 112 cm³/mol. The maximum Gasteiger partial charge on any atom is 0.256 e. The lowest BCUT2D eigenvalue weighted by Crippen LogP contribution is -2.56. The van der Waals surface area contributed by atoms with Gasteiger partial charge in [-0.2, -0.15) is 20.3 Å². The number of nitrogens with zero attached hydrogens (tertiary/aromatic N) is 7. The van der Waals surface area contributed by atoms with Crippen molar-refractivity contribution in [2.45, 2.75) is 24.9 Å². The topological polar surface area (TPSA) is 100 Å². The van der Waals surface area contributed by atoms with Gasteiger partial charge in [0.15, 0.2) is 11.6 Å². The van der Waals surface area contributed by atoms with Crippen LogP contribution < -0.4 is 9.64 Å². The van der Waals surface area contributed by atoms with Gasteiger partial charge in [0.25, 0.3) is 5.91 Å². The van der Waals surface area contributed by atoms with Crippen LogP contribution in [0.3, 0.4) is 0 Å². The summed E-state index contributed by atoms with van der Waals surface area (Å²) in [7, 11) is 1.53. The van der Waals surface area contributed by atoms with E-state index in [4.69, 9.17) is 4.74 Å². The monoisotopic (exact) mass is 433 g/mol. The van der Waals surface area contributed by atoms with E-state index >= 15 is 0 Å². The number of anilines is 1. The van der Waals surface area contributed by atoms with E-state index < -0.39 is 5.82 Å². The summed E-state index contributed by atoms with van der Waals surface area (Å²) < 4.78 is 19.4. The first kappa shape index (κ1) is 19.9. The van der Waals surface area contributed by atoms with Gasteiger partial charge in [0, 0.05) is 37.4 Å². The van der Waals surface area contributed by atoms with Crippen LogP contribution in [0.1, 0.15) is 28.8 Å². The highest BCUT2D eigenvalue weighted by molar-refractivity contribution is 5.98. The Bertz CT molecular complexity index is 1190. The molecule has 2 bridgehead atoms. The van der Waals surface area contributed by atoms with E-state index in [0.29, 0.717) is 41.5 Å². The maximum absolute atomic E-state index is 13.9. The van der Waals surface area contributed by atoms with Crippen LogP contribution in [0.5, 0.6) is 5.75 Å². The Morgan fingerprint density at radius 3 is 2.53 bits per heavy atom. The van der Waals surface area contributed by atoms with E-state index in [1.807, 2.05) is 0 Å². The van der Waals surface area contributed by atoms with Gasteiger partial charge in [0.1, 0.15) is 17.6 Å². The zero-order valence-corrected chi connectivity index (χ0v) is 17.3. The molecule has 0 aliphatic carbocycles. The molecule has 2 aromatic heterocycles. The number of nitriles is 1. The summed E-state index contributed by atoms with van der Waals surface area (Å²) in [5, 5.41) is 17.5. The summed E-state index contributed by atoms with van der Waals surface area (Å²) in [6.07, 6.45) is 6.36. The molecule has 32 heavy (non-hydrogen) atoms. The van der Waals surface area contributed by atoms with Crippen LogP contribution in [-0.2, 0) is 0 Å². The maximum atomic E-state index is 13.9. The van der Waals surface area contributed by atoms with Crippen LogP contribution >= 0.6 is 0 Å². The summed E-state index contributed by atoms with van der Waals surface area (Å²) in [4.78, 5) is 23.2. The number of amides is 1. The normalized spacial score (nSPS) is 19.7. The molecule has 0 saturated carbocycles. The minimum atomic E-state index is -0.464. The highest BCUT2D eigenvalue weighted by atomic mass is 19.1. The van der Waals surface area contributed by atoms with Crippen molar-refractivity contribution in [3.8, 4) is 17.5 Å². The Morgan fingerprint density at radius 1 is 1.16 bits per heavy atom. The number of carbonyl (C=O) groups excluding carboxylic acids is 1. The Hall–Kier alpha value is -4.00. The molecule has 0 N–H and O–H groups in total. The fourth-order valence-electron chi connectivity index (χ4n) is 4.69. The molecule has 1 amide bonds. The molecule has 3 aromatic rings. The lowest BCUT2D eigenvalue weighted by atomic mass is 10.1. The molecule has 1 aromatic carbocycles. The second kappa shape index (κ2) is 7.92. The fraction of sp³-hybridized carbons (Fsp3) is 0.318. The molecular weight excluding hydrogens is 413 g/mol. The second-order valence-corrected chi connectivity index (χ2v) is 7.81. The van der Waals surface area contributed by atoms with Crippen LogP contribution in [0.4, 0.5) is 10.2 Å². The zero-order valence-electron chi connectivity index (χ0n) is 17.3. The van der Waals surface area contributed by atoms with Gasteiger partial charge < -0.3 is 14.5 Å². The second-order valence-electron chi connectivity index (χ2n) is 7.81. The minimum Gasteiger partial charge on any atom is -0.492 e. The first-order chi connectivity index (χ1) is 15.6. The van der Waals surface area contributed by atoms with Crippen LogP contribution in [0.15, 0.2) is 42.9 Å². The quantitative estimate of drug-likeness (QED) is 0.622. The molecule has 2 aliphatic heterocycles. The molecule has 2 saturated heterocycles. The van der Waals surface area contributed by atoms with Crippen molar-refractivity contribution < 1.29 is 13.9 Å². The van der Waals surface area contributed by atoms with E-state index in [9.17, 15) is 14.4 Å². The van der Waals surface area contributed by atoms with Crippen LogP contribution in [0, 0.1) is 17.1 Å². The van der Waals surface area contributed by atoms with Crippen LogP contribution in [0.25, 0.3) is 5.69 Å². The number of halogens is 1. The Labute approximate surface area is 183 Å². The van der Waals surface area contributed by atoms with Gasteiger partial charge in [0.2, 0.25) is 0 Å². The van der Waals surface area contributed by atoms with Gasteiger partial charge in [0.05, 0.1) is 30.6 Å². The Kier molecular flexibility index (Phi) is 4.93. The number of aromatic nitrogens is 4. The van der Waals surface area contributed by atoms with Gasteiger partial charge in [-0.05, 0) is 31.0 Å². The molecule has 162 valence electrons. The number of hydrogen-bond acceptors (Lipinski definition) is 7. The summed E-state index contributed by atoms with van der Waals surface area (Å²) in [6, 6.07) is 7.87. The molecule has 2 aliphatic rings. The molecular formula is C22H20FN7O2. The van der Waals surface area contributed by atoms with Crippen molar-refractivity contribution in [2.75, 3.05) is 25.1 Å². The Balaban J connectivity index is 1.44. The third-order valence-corrected chi connectivity index (χ3v) is 6.05. The highest BCUT2D eigenvalue weighted by Gasteiger charge is 2.43. The van der Waals surface area contributed by atoms with Crippen molar-refractivity contribution in [1.82, 2.24) is 24.9 Å². The lowest BCUT2D eigenvalue weighted by molar-refractivity contribution is 0.0717. The van der Waals surface area contributed by atoms with E-state index in [0.717, 1.165) is 12.8 Å². The van der Waals surface area contributed by atoms with E-state index in [-0.39, 0.29) is 18.0 Å².